The molecule has 6 heteroatoms. The molecule has 1 aromatic rings. The van der Waals surface area contributed by atoms with Crippen LogP contribution in [-0.4, -0.2) is 26.9 Å². The number of aromatic nitrogens is 2. The Kier molecular flexibility index (Phi) is 3.17. The lowest BCUT2D eigenvalue weighted by Gasteiger charge is -2.14. The third-order valence-electron chi connectivity index (χ3n) is 3.06. The van der Waals surface area contributed by atoms with Crippen LogP contribution in [0.15, 0.2) is 15.8 Å². The molecule has 1 saturated heterocycles. The normalized spacial score (nSPS) is 28.5. The number of hydrogen-bond donors (Lipinski definition) is 2. The molecule has 0 spiro atoms. The Balaban J connectivity index is 2.34. The summed E-state index contributed by atoms with van der Waals surface area (Å²) in [5.74, 6) is 0. The molecule has 0 unspecified atom stereocenters. The van der Waals surface area contributed by atoms with Gasteiger partial charge in [0.05, 0.1) is 12.2 Å². The topological polar surface area (TPSA) is 84.3 Å². The number of ether oxygens (including phenoxy) is 1. The van der Waals surface area contributed by atoms with Gasteiger partial charge in [0, 0.05) is 18.2 Å². The fourth-order valence-electron chi connectivity index (χ4n) is 2.05. The van der Waals surface area contributed by atoms with E-state index in [0.717, 1.165) is 0 Å². The van der Waals surface area contributed by atoms with E-state index in [1.54, 1.807) is 6.92 Å². The fraction of sp³-hybridized carbons (Fsp3) is 0.636. The van der Waals surface area contributed by atoms with E-state index in [2.05, 4.69) is 4.98 Å². The third-order valence-corrected chi connectivity index (χ3v) is 3.06. The quantitative estimate of drug-likeness (QED) is 0.756. The van der Waals surface area contributed by atoms with Crippen molar-refractivity contribution in [2.45, 2.75) is 45.1 Å². The van der Waals surface area contributed by atoms with Gasteiger partial charge in [0.25, 0.3) is 5.56 Å². The molecule has 2 heterocycles. The number of hydrogen-bond acceptors (Lipinski definition) is 4. The zero-order valence-corrected chi connectivity index (χ0v) is 9.84. The van der Waals surface area contributed by atoms with Crippen LogP contribution in [0.2, 0.25) is 0 Å². The van der Waals surface area contributed by atoms with Gasteiger partial charge in [0.2, 0.25) is 0 Å². The molecule has 1 aromatic heterocycles. The van der Waals surface area contributed by atoms with Crippen molar-refractivity contribution in [1.29, 1.82) is 0 Å². The molecular weight excluding hydrogens is 224 g/mol. The van der Waals surface area contributed by atoms with Gasteiger partial charge in [0.15, 0.2) is 0 Å². The highest BCUT2D eigenvalue weighted by Crippen LogP contribution is 2.28. The van der Waals surface area contributed by atoms with Crippen LogP contribution in [0.3, 0.4) is 0 Å². The molecule has 1 fully saturated rings. The molecule has 0 bridgehead atoms. The van der Waals surface area contributed by atoms with Gasteiger partial charge in [-0.1, -0.05) is 6.92 Å². The summed E-state index contributed by atoms with van der Waals surface area (Å²) in [5, 5.41) is 9.72. The number of aryl methyl sites for hydroxylation is 1. The van der Waals surface area contributed by atoms with E-state index in [1.807, 2.05) is 6.92 Å². The van der Waals surface area contributed by atoms with Crippen molar-refractivity contribution in [2.24, 2.45) is 0 Å². The van der Waals surface area contributed by atoms with Crippen molar-refractivity contribution < 1.29 is 9.84 Å². The van der Waals surface area contributed by atoms with Crippen LogP contribution in [0, 0.1) is 6.92 Å². The highest BCUT2D eigenvalue weighted by Gasteiger charge is 2.34. The molecule has 2 rings (SSSR count). The van der Waals surface area contributed by atoms with Gasteiger partial charge < -0.3 is 9.84 Å². The molecule has 17 heavy (non-hydrogen) atoms. The molecule has 1 aliphatic rings. The van der Waals surface area contributed by atoms with E-state index in [1.165, 1.54) is 10.8 Å². The first-order chi connectivity index (χ1) is 8.02. The second-order valence-corrected chi connectivity index (χ2v) is 4.32. The molecule has 0 amide bonds. The van der Waals surface area contributed by atoms with Crippen LogP contribution >= 0.6 is 0 Å². The molecule has 0 radical (unpaired) electrons. The minimum Gasteiger partial charge on any atom is -0.390 e. The maximum absolute atomic E-state index is 11.6. The van der Waals surface area contributed by atoms with E-state index in [0.29, 0.717) is 18.4 Å². The van der Waals surface area contributed by atoms with Crippen molar-refractivity contribution in [1.82, 2.24) is 9.55 Å². The van der Waals surface area contributed by atoms with Gasteiger partial charge in [-0.2, -0.15) is 0 Å². The SMILES string of the molecule is CC[C@H]1O[C@@H](n2cc(C)c(=O)[nH]c2=O)C[C@H]1O. The first kappa shape index (κ1) is 12.1. The Bertz CT molecular complexity index is 519. The predicted molar refractivity (Wildman–Crippen MR) is 60.9 cm³/mol. The highest BCUT2D eigenvalue weighted by molar-refractivity contribution is 5.01. The number of aliphatic hydroxyl groups excluding tert-OH is 1. The first-order valence-corrected chi connectivity index (χ1v) is 5.68. The molecule has 6 nitrogen and oxygen atoms in total. The van der Waals surface area contributed by atoms with E-state index < -0.39 is 23.6 Å². The number of aromatic amines is 1. The lowest BCUT2D eigenvalue weighted by Crippen LogP contribution is -2.33. The number of H-pyrrole nitrogens is 1. The molecule has 0 saturated carbocycles. The zero-order valence-electron chi connectivity index (χ0n) is 9.84. The summed E-state index contributed by atoms with van der Waals surface area (Å²) < 4.78 is 6.90. The molecule has 2 N–H and O–H groups in total. The van der Waals surface area contributed by atoms with Crippen LogP contribution in [0.4, 0.5) is 0 Å². The van der Waals surface area contributed by atoms with E-state index in [9.17, 15) is 14.7 Å². The average Bonchev–Trinajstić information content (AvgIpc) is 2.65. The van der Waals surface area contributed by atoms with Crippen LogP contribution in [-0.2, 0) is 4.74 Å². The number of nitrogens with zero attached hydrogens (tertiary/aromatic N) is 1. The Morgan fingerprint density at radius 1 is 1.59 bits per heavy atom. The summed E-state index contributed by atoms with van der Waals surface area (Å²) in [6.45, 7) is 3.54. The zero-order chi connectivity index (χ0) is 12.6. The summed E-state index contributed by atoms with van der Waals surface area (Å²) in [5.41, 5.74) is -0.450. The molecule has 3 atom stereocenters. The van der Waals surface area contributed by atoms with E-state index >= 15 is 0 Å². The summed E-state index contributed by atoms with van der Waals surface area (Å²) in [6, 6.07) is 0. The minimum atomic E-state index is -0.566. The number of aliphatic hydroxyl groups is 1. The van der Waals surface area contributed by atoms with Crippen LogP contribution < -0.4 is 11.2 Å². The van der Waals surface area contributed by atoms with Crippen molar-refractivity contribution in [3.8, 4) is 0 Å². The Labute approximate surface area is 97.9 Å². The van der Waals surface area contributed by atoms with Gasteiger partial charge in [-0.3, -0.25) is 14.3 Å². The lowest BCUT2D eigenvalue weighted by atomic mass is 10.1. The van der Waals surface area contributed by atoms with Crippen molar-refractivity contribution in [3.63, 3.8) is 0 Å². The fourth-order valence-corrected chi connectivity index (χ4v) is 2.05. The molecule has 94 valence electrons. The maximum Gasteiger partial charge on any atom is 0.330 e. The molecular formula is C11H16N2O4. The summed E-state index contributed by atoms with van der Waals surface area (Å²) >= 11 is 0. The van der Waals surface area contributed by atoms with Crippen LogP contribution in [0.1, 0.15) is 31.6 Å². The lowest BCUT2D eigenvalue weighted by molar-refractivity contribution is -0.0218. The maximum atomic E-state index is 11.6. The second-order valence-electron chi connectivity index (χ2n) is 4.32. The van der Waals surface area contributed by atoms with E-state index in [-0.39, 0.29) is 6.10 Å². The molecule has 0 aliphatic carbocycles. The van der Waals surface area contributed by atoms with Crippen molar-refractivity contribution in [3.05, 3.63) is 32.6 Å². The Hall–Kier alpha value is -1.40. The van der Waals surface area contributed by atoms with E-state index in [4.69, 9.17) is 4.74 Å². The highest BCUT2D eigenvalue weighted by atomic mass is 16.5. The third kappa shape index (κ3) is 2.18. The largest absolute Gasteiger partial charge is 0.390 e. The average molecular weight is 240 g/mol. The van der Waals surface area contributed by atoms with Crippen LogP contribution in [0.25, 0.3) is 0 Å². The van der Waals surface area contributed by atoms with Crippen molar-refractivity contribution in [2.75, 3.05) is 0 Å². The summed E-state index contributed by atoms with van der Waals surface area (Å²) in [6.07, 6.45) is 1.20. The first-order valence-electron chi connectivity index (χ1n) is 5.68. The monoisotopic (exact) mass is 240 g/mol. The second kappa shape index (κ2) is 4.46. The van der Waals surface area contributed by atoms with Gasteiger partial charge in [-0.25, -0.2) is 4.79 Å². The Morgan fingerprint density at radius 2 is 2.29 bits per heavy atom. The van der Waals surface area contributed by atoms with Crippen molar-refractivity contribution >= 4 is 0 Å². The smallest absolute Gasteiger partial charge is 0.330 e. The van der Waals surface area contributed by atoms with Gasteiger partial charge >= 0.3 is 5.69 Å². The summed E-state index contributed by atoms with van der Waals surface area (Å²) in [4.78, 5) is 25.1. The standard InChI is InChI=1S/C11H16N2O4/c1-3-8-7(14)4-9(17-8)13-5-6(2)10(15)12-11(13)16/h5,7-9,14H,3-4H2,1-2H3,(H,12,15,16)/t7-,8-,9-/m1/s1. The number of rotatable bonds is 2. The predicted octanol–water partition coefficient (Wildman–Crippen LogP) is -0.0966. The summed E-state index contributed by atoms with van der Waals surface area (Å²) in [7, 11) is 0. The molecule has 0 aromatic carbocycles. The number of nitrogens with one attached hydrogen (secondary N) is 1. The Morgan fingerprint density at radius 3 is 2.88 bits per heavy atom. The van der Waals surface area contributed by atoms with Gasteiger partial charge in [-0.05, 0) is 13.3 Å². The van der Waals surface area contributed by atoms with Gasteiger partial charge in [-0.15, -0.1) is 0 Å². The van der Waals surface area contributed by atoms with Crippen LogP contribution in [0.5, 0.6) is 0 Å². The minimum absolute atomic E-state index is 0.251. The molecule has 1 aliphatic heterocycles. The van der Waals surface area contributed by atoms with Gasteiger partial charge in [0.1, 0.15) is 6.23 Å².